The first-order valence-electron chi connectivity index (χ1n) is 6.44. The van der Waals surface area contributed by atoms with Gasteiger partial charge in [-0.1, -0.05) is 52.0 Å². The number of carboxylic acids is 1. The first-order chi connectivity index (χ1) is 7.54. The van der Waals surface area contributed by atoms with Crippen LogP contribution in [0.3, 0.4) is 0 Å². The lowest BCUT2D eigenvalue weighted by atomic mass is 10.0. The molecule has 0 aliphatic carbocycles. The van der Waals surface area contributed by atoms with E-state index in [0.717, 1.165) is 18.8 Å². The summed E-state index contributed by atoms with van der Waals surface area (Å²) in [6.07, 6.45) is 10.3. The van der Waals surface area contributed by atoms with E-state index < -0.39 is 5.97 Å². The summed E-state index contributed by atoms with van der Waals surface area (Å²) >= 11 is 0. The van der Waals surface area contributed by atoms with Crippen LogP contribution in [0.25, 0.3) is 0 Å². The quantitative estimate of drug-likeness (QED) is 0.467. The maximum absolute atomic E-state index is 10.5. The van der Waals surface area contributed by atoms with Gasteiger partial charge in [0.1, 0.15) is 0 Å². The highest BCUT2D eigenvalue weighted by molar-refractivity contribution is 5.85. The minimum atomic E-state index is -0.795. The van der Waals surface area contributed by atoms with Gasteiger partial charge in [0.05, 0.1) is 0 Å². The van der Waals surface area contributed by atoms with Crippen LogP contribution in [-0.2, 0) is 4.79 Å². The highest BCUT2D eigenvalue weighted by Crippen LogP contribution is 2.11. The van der Waals surface area contributed by atoms with Gasteiger partial charge in [-0.15, -0.1) is 0 Å². The Morgan fingerprint density at radius 2 is 1.69 bits per heavy atom. The molecule has 0 aromatic rings. The molecule has 0 spiro atoms. The fraction of sp³-hybridized carbons (Fsp3) is 0.786. The predicted molar refractivity (Wildman–Crippen MR) is 68.5 cm³/mol. The fourth-order valence-electron chi connectivity index (χ4n) is 1.63. The highest BCUT2D eigenvalue weighted by atomic mass is 16.4. The third-order valence-electron chi connectivity index (χ3n) is 2.77. The normalized spacial score (nSPS) is 12.1. The topological polar surface area (TPSA) is 37.3 Å². The molecule has 16 heavy (non-hydrogen) atoms. The van der Waals surface area contributed by atoms with Crippen molar-refractivity contribution in [2.45, 2.75) is 65.7 Å². The van der Waals surface area contributed by atoms with E-state index in [1.54, 1.807) is 6.92 Å². The molecule has 0 fully saturated rings. The molecular weight excluding hydrogens is 200 g/mol. The number of hydrogen-bond acceptors (Lipinski definition) is 1. The van der Waals surface area contributed by atoms with Crippen molar-refractivity contribution < 1.29 is 9.90 Å². The van der Waals surface area contributed by atoms with Gasteiger partial charge in [-0.05, 0) is 25.7 Å². The van der Waals surface area contributed by atoms with Crippen molar-refractivity contribution in [3.05, 3.63) is 11.6 Å². The van der Waals surface area contributed by atoms with Crippen LogP contribution in [-0.4, -0.2) is 11.1 Å². The first-order valence-corrected chi connectivity index (χ1v) is 6.44. The van der Waals surface area contributed by atoms with Gasteiger partial charge in [0.25, 0.3) is 0 Å². The second kappa shape index (κ2) is 9.44. The molecule has 1 N–H and O–H groups in total. The molecule has 0 amide bonds. The van der Waals surface area contributed by atoms with Gasteiger partial charge in [0.15, 0.2) is 0 Å². The van der Waals surface area contributed by atoms with E-state index in [9.17, 15) is 4.79 Å². The Bertz CT molecular complexity index is 217. The molecule has 2 heteroatoms. The average Bonchev–Trinajstić information content (AvgIpc) is 2.21. The lowest BCUT2D eigenvalue weighted by molar-refractivity contribution is -0.132. The molecule has 0 aliphatic heterocycles. The summed E-state index contributed by atoms with van der Waals surface area (Å²) in [5.74, 6) is 0.0260. The van der Waals surface area contributed by atoms with Crippen LogP contribution >= 0.6 is 0 Å². The Morgan fingerprint density at radius 1 is 1.12 bits per heavy atom. The SMILES string of the molecule is C/C(=C/CCCCCCCC(C)C)C(=O)O. The third-order valence-corrected chi connectivity index (χ3v) is 2.77. The molecule has 0 radical (unpaired) electrons. The van der Waals surface area contributed by atoms with Gasteiger partial charge in [-0.25, -0.2) is 4.79 Å². The molecule has 0 bridgehead atoms. The van der Waals surface area contributed by atoms with E-state index in [-0.39, 0.29) is 0 Å². The van der Waals surface area contributed by atoms with E-state index >= 15 is 0 Å². The molecule has 94 valence electrons. The number of rotatable bonds is 9. The Labute approximate surface area is 99.7 Å². The summed E-state index contributed by atoms with van der Waals surface area (Å²) in [5.41, 5.74) is 0.472. The van der Waals surface area contributed by atoms with Crippen LogP contribution in [0.2, 0.25) is 0 Å². The summed E-state index contributed by atoms with van der Waals surface area (Å²) in [6.45, 7) is 6.18. The molecule has 0 aromatic carbocycles. The van der Waals surface area contributed by atoms with Gasteiger partial charge in [0.2, 0.25) is 0 Å². The van der Waals surface area contributed by atoms with Crippen LogP contribution in [0, 0.1) is 5.92 Å². The van der Waals surface area contributed by atoms with Crippen LogP contribution in [0.15, 0.2) is 11.6 Å². The van der Waals surface area contributed by atoms with Gasteiger partial charge < -0.3 is 5.11 Å². The van der Waals surface area contributed by atoms with E-state index in [0.29, 0.717) is 5.57 Å². The lowest BCUT2D eigenvalue weighted by Gasteiger charge is -2.03. The predicted octanol–water partition coefficient (Wildman–Crippen LogP) is 4.40. The van der Waals surface area contributed by atoms with Gasteiger partial charge in [-0.2, -0.15) is 0 Å². The molecule has 0 aliphatic rings. The summed E-state index contributed by atoms with van der Waals surface area (Å²) in [5, 5.41) is 8.64. The van der Waals surface area contributed by atoms with Crippen LogP contribution < -0.4 is 0 Å². The average molecular weight is 226 g/mol. The van der Waals surface area contributed by atoms with E-state index in [2.05, 4.69) is 13.8 Å². The Kier molecular flexibility index (Phi) is 8.97. The molecule has 2 nitrogen and oxygen atoms in total. The monoisotopic (exact) mass is 226 g/mol. The summed E-state index contributed by atoms with van der Waals surface area (Å²) in [7, 11) is 0. The number of hydrogen-bond donors (Lipinski definition) is 1. The third kappa shape index (κ3) is 9.75. The largest absolute Gasteiger partial charge is 0.478 e. The molecule has 0 saturated heterocycles. The summed E-state index contributed by atoms with van der Waals surface area (Å²) in [4.78, 5) is 10.5. The van der Waals surface area contributed by atoms with Crippen molar-refractivity contribution in [1.82, 2.24) is 0 Å². The number of aliphatic carboxylic acids is 1. The second-order valence-corrected chi connectivity index (χ2v) is 4.93. The maximum atomic E-state index is 10.5. The van der Waals surface area contributed by atoms with Crippen LogP contribution in [0.1, 0.15) is 65.7 Å². The molecule has 0 heterocycles. The molecule has 0 atom stereocenters. The molecule has 0 unspecified atom stereocenters. The van der Waals surface area contributed by atoms with Crippen molar-refractivity contribution in [2.24, 2.45) is 5.92 Å². The first kappa shape index (κ1) is 15.2. The zero-order chi connectivity index (χ0) is 12.4. The standard InChI is InChI=1S/C14H26O2/c1-12(2)10-8-6-4-5-7-9-11-13(3)14(15)16/h11-12H,4-10H2,1-3H3,(H,15,16)/b13-11-. The van der Waals surface area contributed by atoms with E-state index in [4.69, 9.17) is 5.11 Å². The number of unbranched alkanes of at least 4 members (excludes halogenated alkanes) is 5. The van der Waals surface area contributed by atoms with Crippen molar-refractivity contribution >= 4 is 5.97 Å². The number of carboxylic acid groups (broad SMARTS) is 1. The smallest absolute Gasteiger partial charge is 0.330 e. The Hall–Kier alpha value is -0.790. The maximum Gasteiger partial charge on any atom is 0.330 e. The van der Waals surface area contributed by atoms with Crippen molar-refractivity contribution in [2.75, 3.05) is 0 Å². The highest BCUT2D eigenvalue weighted by Gasteiger charge is 1.98. The Morgan fingerprint density at radius 3 is 2.25 bits per heavy atom. The zero-order valence-electron chi connectivity index (χ0n) is 11.0. The zero-order valence-corrected chi connectivity index (χ0v) is 11.0. The van der Waals surface area contributed by atoms with Crippen molar-refractivity contribution in [3.8, 4) is 0 Å². The van der Waals surface area contributed by atoms with Gasteiger partial charge in [0, 0.05) is 5.57 Å². The molecule has 0 aromatic heterocycles. The van der Waals surface area contributed by atoms with E-state index in [1.165, 1.54) is 32.1 Å². The molecule has 0 rings (SSSR count). The van der Waals surface area contributed by atoms with Gasteiger partial charge >= 0.3 is 5.97 Å². The van der Waals surface area contributed by atoms with Crippen LogP contribution in [0.5, 0.6) is 0 Å². The Balaban J connectivity index is 3.28. The van der Waals surface area contributed by atoms with E-state index in [1.807, 2.05) is 6.08 Å². The fourth-order valence-corrected chi connectivity index (χ4v) is 1.63. The van der Waals surface area contributed by atoms with Gasteiger partial charge in [-0.3, -0.25) is 0 Å². The second-order valence-electron chi connectivity index (χ2n) is 4.93. The minimum absolute atomic E-state index is 0.472. The van der Waals surface area contributed by atoms with Crippen LogP contribution in [0.4, 0.5) is 0 Å². The number of allylic oxidation sites excluding steroid dienone is 1. The minimum Gasteiger partial charge on any atom is -0.478 e. The molecule has 0 saturated carbocycles. The van der Waals surface area contributed by atoms with Crippen molar-refractivity contribution in [1.29, 1.82) is 0 Å². The number of carbonyl (C=O) groups is 1. The lowest BCUT2D eigenvalue weighted by Crippen LogP contribution is -1.95. The van der Waals surface area contributed by atoms with Crippen molar-refractivity contribution in [3.63, 3.8) is 0 Å². The summed E-state index contributed by atoms with van der Waals surface area (Å²) in [6, 6.07) is 0. The summed E-state index contributed by atoms with van der Waals surface area (Å²) < 4.78 is 0. The molecular formula is C14H26O2.